The Kier molecular flexibility index (Phi) is 5.82. The zero-order valence-corrected chi connectivity index (χ0v) is 14.2. The summed E-state index contributed by atoms with van der Waals surface area (Å²) in [7, 11) is 0. The largest absolute Gasteiger partial charge is 0.459 e. The fourth-order valence-electron chi connectivity index (χ4n) is 1.88. The molecule has 0 bridgehead atoms. The normalized spacial score (nSPS) is 13.3. The van der Waals surface area contributed by atoms with Gasteiger partial charge in [-0.25, -0.2) is 0 Å². The Morgan fingerprint density at radius 2 is 1.67 bits per heavy atom. The number of benzene rings is 1. The highest BCUT2D eigenvalue weighted by Crippen LogP contribution is 2.35. The van der Waals surface area contributed by atoms with E-state index >= 15 is 0 Å². The van der Waals surface area contributed by atoms with Crippen LogP contribution >= 0.6 is 11.6 Å². The van der Waals surface area contributed by atoms with Crippen LogP contribution in [0.4, 0.5) is 13.2 Å². The molecule has 0 N–H and O–H groups in total. The second-order valence-corrected chi connectivity index (χ2v) is 6.54. The predicted molar refractivity (Wildman–Crippen MR) is 80.8 cm³/mol. The summed E-state index contributed by atoms with van der Waals surface area (Å²) in [5, 5.41) is -0.587. The van der Waals surface area contributed by atoms with E-state index < -0.39 is 51.4 Å². The van der Waals surface area contributed by atoms with Gasteiger partial charge in [-0.15, -0.1) is 0 Å². The second kappa shape index (κ2) is 6.93. The summed E-state index contributed by atoms with van der Waals surface area (Å²) >= 11 is 5.49. The number of alkyl halides is 3. The fourth-order valence-corrected chi connectivity index (χ4v) is 2.11. The highest BCUT2D eigenvalue weighted by Gasteiger charge is 2.38. The molecular weight excluding hydrogens is 349 g/mol. The Labute approximate surface area is 141 Å². The lowest BCUT2D eigenvalue weighted by Crippen LogP contribution is -2.36. The highest BCUT2D eigenvalue weighted by molar-refractivity contribution is 6.31. The van der Waals surface area contributed by atoms with Crippen molar-refractivity contribution in [1.29, 1.82) is 0 Å². The molecule has 1 rings (SSSR count). The Morgan fingerprint density at radius 1 is 1.12 bits per heavy atom. The minimum atomic E-state index is -4.77. The van der Waals surface area contributed by atoms with Crippen molar-refractivity contribution in [3.63, 3.8) is 0 Å². The van der Waals surface area contributed by atoms with Gasteiger partial charge in [0.05, 0.1) is 10.6 Å². The van der Waals surface area contributed by atoms with Crippen LogP contribution in [0.3, 0.4) is 0 Å². The number of ketones is 2. The molecule has 0 aliphatic heterocycles. The monoisotopic (exact) mass is 364 g/mol. The summed E-state index contributed by atoms with van der Waals surface area (Å²) in [6.07, 6.45) is -4.77. The SMILES string of the molecule is CC(=O)C(C(=O)OC(C)(C)C)C(=O)c1ccc(Cl)c(C(F)(F)F)c1. The van der Waals surface area contributed by atoms with E-state index in [4.69, 9.17) is 16.3 Å². The number of Topliss-reactive ketones (excluding diaryl/α,β-unsaturated/α-hetero) is 2. The third-order valence-corrected chi connectivity index (χ3v) is 3.20. The van der Waals surface area contributed by atoms with Gasteiger partial charge >= 0.3 is 12.1 Å². The van der Waals surface area contributed by atoms with E-state index in [0.717, 1.165) is 19.1 Å². The molecule has 1 aromatic rings. The van der Waals surface area contributed by atoms with Crippen molar-refractivity contribution in [2.24, 2.45) is 5.92 Å². The van der Waals surface area contributed by atoms with Gasteiger partial charge in [-0.3, -0.25) is 14.4 Å². The molecule has 0 amide bonds. The number of esters is 1. The van der Waals surface area contributed by atoms with E-state index in [1.165, 1.54) is 20.8 Å². The lowest BCUT2D eigenvalue weighted by molar-refractivity contribution is -0.159. The number of carbonyl (C=O) groups excluding carboxylic acids is 3. The van der Waals surface area contributed by atoms with Gasteiger partial charge in [-0.2, -0.15) is 13.2 Å². The first kappa shape index (κ1) is 20.2. The van der Waals surface area contributed by atoms with Crippen molar-refractivity contribution < 1.29 is 32.3 Å². The molecule has 0 heterocycles. The third kappa shape index (κ3) is 5.06. The molecule has 24 heavy (non-hydrogen) atoms. The van der Waals surface area contributed by atoms with Crippen LogP contribution in [0.5, 0.6) is 0 Å². The molecule has 0 fully saturated rings. The first-order valence-corrected chi connectivity index (χ1v) is 7.26. The molecular formula is C16H16ClF3O4. The van der Waals surface area contributed by atoms with Crippen LogP contribution < -0.4 is 0 Å². The van der Waals surface area contributed by atoms with E-state index in [2.05, 4.69) is 0 Å². The maximum absolute atomic E-state index is 12.9. The van der Waals surface area contributed by atoms with Gasteiger partial charge in [0.1, 0.15) is 5.60 Å². The van der Waals surface area contributed by atoms with Crippen LogP contribution in [0.1, 0.15) is 43.6 Å². The smallest absolute Gasteiger partial charge is 0.417 e. The Balaban J connectivity index is 3.27. The molecule has 0 radical (unpaired) electrons. The van der Waals surface area contributed by atoms with Crippen molar-refractivity contribution in [1.82, 2.24) is 0 Å². The van der Waals surface area contributed by atoms with Gasteiger partial charge < -0.3 is 4.74 Å². The van der Waals surface area contributed by atoms with Gasteiger partial charge in [-0.1, -0.05) is 11.6 Å². The molecule has 8 heteroatoms. The molecule has 0 spiro atoms. The molecule has 0 aliphatic carbocycles. The Morgan fingerprint density at radius 3 is 2.08 bits per heavy atom. The van der Waals surface area contributed by atoms with Crippen LogP contribution in [0.2, 0.25) is 5.02 Å². The fraction of sp³-hybridized carbons (Fsp3) is 0.438. The molecule has 1 unspecified atom stereocenters. The number of hydrogen-bond donors (Lipinski definition) is 0. The molecule has 1 atom stereocenters. The molecule has 0 aliphatic rings. The highest BCUT2D eigenvalue weighted by atomic mass is 35.5. The Hall–Kier alpha value is -1.89. The molecule has 0 aromatic heterocycles. The first-order valence-electron chi connectivity index (χ1n) is 6.88. The number of carbonyl (C=O) groups is 3. The van der Waals surface area contributed by atoms with Gasteiger partial charge in [0.2, 0.25) is 0 Å². The predicted octanol–water partition coefficient (Wildman–Crippen LogP) is 4.09. The molecule has 0 saturated heterocycles. The van der Waals surface area contributed by atoms with E-state index in [0.29, 0.717) is 6.07 Å². The van der Waals surface area contributed by atoms with Crippen molar-refractivity contribution in [3.8, 4) is 0 Å². The molecule has 132 valence electrons. The maximum atomic E-state index is 12.9. The van der Waals surface area contributed by atoms with Gasteiger partial charge in [0.15, 0.2) is 17.5 Å². The summed E-state index contributed by atoms with van der Waals surface area (Å²) in [5.74, 6) is -4.83. The summed E-state index contributed by atoms with van der Waals surface area (Å²) in [5.41, 5.74) is -2.62. The number of rotatable bonds is 4. The van der Waals surface area contributed by atoms with Crippen LogP contribution in [0, 0.1) is 5.92 Å². The first-order chi connectivity index (χ1) is 10.7. The van der Waals surface area contributed by atoms with E-state index in [1.807, 2.05) is 0 Å². The summed E-state index contributed by atoms with van der Waals surface area (Å²) in [6, 6.07) is 2.44. The van der Waals surface area contributed by atoms with E-state index in [9.17, 15) is 27.6 Å². The average Bonchev–Trinajstić information content (AvgIpc) is 2.34. The quantitative estimate of drug-likeness (QED) is 0.458. The minimum Gasteiger partial charge on any atom is -0.459 e. The van der Waals surface area contributed by atoms with Gasteiger partial charge in [-0.05, 0) is 45.9 Å². The van der Waals surface area contributed by atoms with E-state index in [-0.39, 0.29) is 0 Å². The molecule has 4 nitrogen and oxygen atoms in total. The van der Waals surface area contributed by atoms with E-state index in [1.54, 1.807) is 0 Å². The summed E-state index contributed by atoms with van der Waals surface area (Å²) < 4.78 is 43.6. The van der Waals surface area contributed by atoms with Crippen LogP contribution in [0.15, 0.2) is 18.2 Å². The topological polar surface area (TPSA) is 60.4 Å². The number of ether oxygens (including phenoxy) is 1. The van der Waals surface area contributed by atoms with Crippen molar-refractivity contribution in [2.45, 2.75) is 39.5 Å². The van der Waals surface area contributed by atoms with Crippen LogP contribution in [-0.4, -0.2) is 23.1 Å². The zero-order valence-electron chi connectivity index (χ0n) is 13.5. The minimum absolute atomic E-state index is 0.446. The Bertz CT molecular complexity index is 675. The summed E-state index contributed by atoms with van der Waals surface area (Å²) in [6.45, 7) is 5.61. The second-order valence-electron chi connectivity index (χ2n) is 6.13. The van der Waals surface area contributed by atoms with Gasteiger partial charge in [0.25, 0.3) is 0 Å². The van der Waals surface area contributed by atoms with Crippen molar-refractivity contribution >= 4 is 29.1 Å². The van der Waals surface area contributed by atoms with Crippen LogP contribution in [-0.2, 0) is 20.5 Å². The number of halogens is 4. The zero-order chi connectivity index (χ0) is 18.9. The van der Waals surface area contributed by atoms with Crippen molar-refractivity contribution in [2.75, 3.05) is 0 Å². The molecule has 0 saturated carbocycles. The van der Waals surface area contributed by atoms with Crippen molar-refractivity contribution in [3.05, 3.63) is 34.3 Å². The van der Waals surface area contributed by atoms with Crippen LogP contribution in [0.25, 0.3) is 0 Å². The van der Waals surface area contributed by atoms with Gasteiger partial charge in [0, 0.05) is 5.56 Å². The standard InChI is InChI=1S/C16H16ClF3O4/c1-8(21)12(14(23)24-15(2,3)4)13(22)9-5-6-11(17)10(7-9)16(18,19)20/h5-7,12H,1-4H3. The lowest BCUT2D eigenvalue weighted by Gasteiger charge is -2.22. The average molecular weight is 365 g/mol. The maximum Gasteiger partial charge on any atom is 0.417 e. The number of hydrogen-bond acceptors (Lipinski definition) is 4. The third-order valence-electron chi connectivity index (χ3n) is 2.87. The lowest BCUT2D eigenvalue weighted by atomic mass is 9.93. The summed E-state index contributed by atoms with van der Waals surface area (Å²) in [4.78, 5) is 36.1. The molecule has 1 aromatic carbocycles.